The van der Waals surface area contributed by atoms with Gasteiger partial charge in [0.1, 0.15) is 5.82 Å². The minimum atomic E-state index is -0.0907. The van der Waals surface area contributed by atoms with Crippen molar-refractivity contribution in [1.82, 2.24) is 20.2 Å². The zero-order valence-corrected chi connectivity index (χ0v) is 20.8. The van der Waals surface area contributed by atoms with E-state index in [9.17, 15) is 4.79 Å². The van der Waals surface area contributed by atoms with E-state index in [0.717, 1.165) is 44.2 Å². The Balaban J connectivity index is 0.00000204. The van der Waals surface area contributed by atoms with Crippen molar-refractivity contribution in [2.75, 3.05) is 50.0 Å². The Bertz CT molecular complexity index is 1050. The highest BCUT2D eigenvalue weighted by atomic mass is 35.5. The van der Waals surface area contributed by atoms with Gasteiger partial charge in [-0.15, -0.1) is 24.8 Å². The first-order valence-corrected chi connectivity index (χ1v) is 10.9. The van der Waals surface area contributed by atoms with Crippen molar-refractivity contribution >= 4 is 65.5 Å². The smallest absolute Gasteiger partial charge is 0.251 e. The zero-order valence-electron chi connectivity index (χ0n) is 18.4. The molecule has 0 atom stereocenters. The van der Waals surface area contributed by atoms with Gasteiger partial charge in [0.15, 0.2) is 0 Å². The van der Waals surface area contributed by atoms with E-state index in [2.05, 4.69) is 30.8 Å². The molecule has 8 nitrogen and oxygen atoms in total. The molecule has 0 bridgehead atoms. The van der Waals surface area contributed by atoms with Crippen LogP contribution in [0.5, 0.6) is 0 Å². The lowest BCUT2D eigenvalue weighted by Crippen LogP contribution is -2.41. The molecule has 0 aliphatic carbocycles. The van der Waals surface area contributed by atoms with Crippen LogP contribution in [0.2, 0.25) is 5.02 Å². The summed E-state index contributed by atoms with van der Waals surface area (Å²) in [5.41, 5.74) is 2.15. The van der Waals surface area contributed by atoms with E-state index < -0.39 is 0 Å². The Morgan fingerprint density at radius 1 is 1.00 bits per heavy atom. The number of benzene rings is 2. The molecule has 4 rings (SSSR count). The lowest BCUT2D eigenvalue weighted by Gasteiger charge is -2.26. The average molecular weight is 526 g/mol. The van der Waals surface area contributed by atoms with Crippen LogP contribution in [0.4, 0.5) is 23.1 Å². The third-order valence-electron chi connectivity index (χ3n) is 5.01. The van der Waals surface area contributed by atoms with Gasteiger partial charge < -0.3 is 20.7 Å². The number of rotatable bonds is 8. The number of nitrogens with one attached hydrogen (secondary N) is 3. The average Bonchev–Trinajstić information content (AvgIpc) is 2.82. The Kier molecular flexibility index (Phi) is 11.3. The molecule has 34 heavy (non-hydrogen) atoms. The van der Waals surface area contributed by atoms with Gasteiger partial charge in [-0.25, -0.2) is 4.98 Å². The van der Waals surface area contributed by atoms with Gasteiger partial charge in [0.25, 0.3) is 5.91 Å². The van der Waals surface area contributed by atoms with E-state index in [1.165, 1.54) is 0 Å². The second-order valence-electron chi connectivity index (χ2n) is 7.28. The third kappa shape index (κ3) is 8.00. The van der Waals surface area contributed by atoms with Crippen LogP contribution in [0.15, 0.2) is 60.8 Å². The maximum absolute atomic E-state index is 12.4. The number of aromatic nitrogens is 2. The lowest BCUT2D eigenvalue weighted by atomic mass is 10.2. The molecule has 1 aliphatic heterocycles. The molecular weight excluding hydrogens is 499 g/mol. The van der Waals surface area contributed by atoms with Gasteiger partial charge in [0.05, 0.1) is 23.9 Å². The number of morpholine rings is 1. The van der Waals surface area contributed by atoms with Crippen LogP contribution in [-0.2, 0) is 4.74 Å². The highest BCUT2D eigenvalue weighted by Gasteiger charge is 2.11. The molecule has 2 heterocycles. The fourth-order valence-corrected chi connectivity index (χ4v) is 3.46. The Labute approximate surface area is 216 Å². The normalized spacial score (nSPS) is 13.2. The van der Waals surface area contributed by atoms with Gasteiger partial charge >= 0.3 is 0 Å². The van der Waals surface area contributed by atoms with E-state index in [1.807, 2.05) is 36.4 Å². The molecule has 3 N–H and O–H groups in total. The molecule has 1 fully saturated rings. The maximum atomic E-state index is 12.4. The van der Waals surface area contributed by atoms with Crippen LogP contribution in [0.25, 0.3) is 0 Å². The fourth-order valence-electron chi connectivity index (χ4n) is 3.28. The van der Waals surface area contributed by atoms with Gasteiger partial charge in [0.2, 0.25) is 5.95 Å². The summed E-state index contributed by atoms with van der Waals surface area (Å²) in [5, 5.41) is 9.91. The number of carbonyl (C=O) groups is 1. The fraction of sp³-hybridized carbons (Fsp3) is 0.261. The van der Waals surface area contributed by atoms with Crippen molar-refractivity contribution in [3.8, 4) is 0 Å². The molecule has 1 amide bonds. The van der Waals surface area contributed by atoms with E-state index in [-0.39, 0.29) is 30.7 Å². The summed E-state index contributed by atoms with van der Waals surface area (Å²) >= 11 is 6.19. The van der Waals surface area contributed by atoms with Crippen molar-refractivity contribution in [2.24, 2.45) is 0 Å². The number of halogens is 3. The molecular formula is C23H27Cl3N6O2. The van der Waals surface area contributed by atoms with Gasteiger partial charge in [-0.3, -0.25) is 9.69 Å². The summed E-state index contributed by atoms with van der Waals surface area (Å²) in [6.45, 7) is 4.76. The quantitative estimate of drug-likeness (QED) is 0.398. The standard InChI is InChI=1S/C23H25ClN6O2.2ClH/c24-19-3-1-2-4-20(19)28-21-9-10-26-23(29-21)27-18-7-5-17(6-8-18)22(31)25-11-12-30-13-15-32-16-14-30;;/h1-10H,11-16H2,(H,25,31)(H2,26,27,28,29);2*1H. The van der Waals surface area contributed by atoms with E-state index in [1.54, 1.807) is 24.4 Å². The predicted molar refractivity (Wildman–Crippen MR) is 141 cm³/mol. The van der Waals surface area contributed by atoms with Crippen LogP contribution < -0.4 is 16.0 Å². The van der Waals surface area contributed by atoms with Gasteiger partial charge in [0, 0.05) is 43.6 Å². The number of para-hydroxylation sites is 1. The summed E-state index contributed by atoms with van der Waals surface area (Å²) < 4.78 is 5.34. The number of amides is 1. The Morgan fingerprint density at radius 3 is 2.47 bits per heavy atom. The summed E-state index contributed by atoms with van der Waals surface area (Å²) in [7, 11) is 0. The highest BCUT2D eigenvalue weighted by Crippen LogP contribution is 2.24. The molecule has 11 heteroatoms. The van der Waals surface area contributed by atoms with Crippen LogP contribution in [-0.4, -0.2) is 60.2 Å². The summed E-state index contributed by atoms with van der Waals surface area (Å²) in [6.07, 6.45) is 1.66. The van der Waals surface area contributed by atoms with Crippen molar-refractivity contribution in [3.63, 3.8) is 0 Å². The summed E-state index contributed by atoms with van der Waals surface area (Å²) in [6, 6.07) is 16.4. The molecule has 3 aromatic rings. The Morgan fingerprint density at radius 2 is 1.74 bits per heavy atom. The molecule has 2 aromatic carbocycles. The van der Waals surface area contributed by atoms with Gasteiger partial charge in [-0.1, -0.05) is 23.7 Å². The molecule has 1 saturated heterocycles. The van der Waals surface area contributed by atoms with Gasteiger partial charge in [-0.2, -0.15) is 4.98 Å². The number of ether oxygens (including phenoxy) is 1. The zero-order chi connectivity index (χ0) is 22.2. The number of carbonyl (C=O) groups excluding carboxylic acids is 1. The van der Waals surface area contributed by atoms with Crippen LogP contribution in [0.3, 0.4) is 0 Å². The third-order valence-corrected chi connectivity index (χ3v) is 5.34. The Hall–Kier alpha value is -2.62. The topological polar surface area (TPSA) is 91.4 Å². The first-order chi connectivity index (χ1) is 15.7. The number of nitrogens with zero attached hydrogens (tertiary/aromatic N) is 3. The highest BCUT2D eigenvalue weighted by molar-refractivity contribution is 6.33. The van der Waals surface area contributed by atoms with Gasteiger partial charge in [-0.05, 0) is 42.5 Å². The summed E-state index contributed by atoms with van der Waals surface area (Å²) in [5.74, 6) is 0.962. The monoisotopic (exact) mass is 524 g/mol. The second-order valence-corrected chi connectivity index (χ2v) is 7.69. The number of hydrogen-bond donors (Lipinski definition) is 3. The van der Waals surface area contributed by atoms with Crippen molar-refractivity contribution in [2.45, 2.75) is 0 Å². The largest absolute Gasteiger partial charge is 0.379 e. The molecule has 1 aromatic heterocycles. The number of anilines is 4. The first kappa shape index (κ1) is 27.6. The molecule has 0 unspecified atom stereocenters. The predicted octanol–water partition coefficient (Wildman–Crippen LogP) is 4.52. The minimum Gasteiger partial charge on any atom is -0.379 e. The number of hydrogen-bond acceptors (Lipinski definition) is 7. The summed E-state index contributed by atoms with van der Waals surface area (Å²) in [4.78, 5) is 23.4. The minimum absolute atomic E-state index is 0. The molecule has 182 valence electrons. The molecule has 0 radical (unpaired) electrons. The molecule has 0 spiro atoms. The lowest BCUT2D eigenvalue weighted by molar-refractivity contribution is 0.0383. The molecule has 0 saturated carbocycles. The second kappa shape index (κ2) is 13.9. The van der Waals surface area contributed by atoms with E-state index >= 15 is 0 Å². The molecule has 1 aliphatic rings. The van der Waals surface area contributed by atoms with Crippen molar-refractivity contribution in [1.29, 1.82) is 0 Å². The maximum Gasteiger partial charge on any atom is 0.251 e. The van der Waals surface area contributed by atoms with E-state index in [4.69, 9.17) is 16.3 Å². The van der Waals surface area contributed by atoms with E-state index in [0.29, 0.717) is 28.9 Å². The SMILES string of the molecule is Cl.Cl.O=C(NCCN1CCOCC1)c1ccc(Nc2nccc(Nc3ccccc3Cl)n2)cc1. The van der Waals surface area contributed by atoms with Crippen LogP contribution in [0.1, 0.15) is 10.4 Å². The van der Waals surface area contributed by atoms with Crippen LogP contribution in [0, 0.1) is 0 Å². The van der Waals surface area contributed by atoms with Crippen molar-refractivity contribution < 1.29 is 9.53 Å². The first-order valence-electron chi connectivity index (χ1n) is 10.5. The van der Waals surface area contributed by atoms with Crippen molar-refractivity contribution in [3.05, 3.63) is 71.4 Å². The van der Waals surface area contributed by atoms with Crippen LogP contribution >= 0.6 is 36.4 Å².